The lowest BCUT2D eigenvalue weighted by molar-refractivity contribution is -0.140. The number of rotatable bonds is 6. The highest BCUT2D eigenvalue weighted by Crippen LogP contribution is 2.06. The number of hydrogen-bond donors (Lipinski definition) is 3. The minimum Gasteiger partial charge on any atom is -0.480 e. The fourth-order valence-electron chi connectivity index (χ4n) is 1.87. The van der Waals surface area contributed by atoms with Crippen LogP contribution in [0.5, 0.6) is 0 Å². The van der Waals surface area contributed by atoms with Gasteiger partial charge >= 0.3 is 18.0 Å². The Bertz CT molecular complexity index is 389. The summed E-state index contributed by atoms with van der Waals surface area (Å²) in [5.74, 6) is -2.92. The average Bonchev–Trinajstić information content (AvgIpc) is 2.87. The number of carbonyl (C=O) groups excluding carboxylic acids is 2. The second-order valence-electron chi connectivity index (χ2n) is 4.39. The van der Waals surface area contributed by atoms with E-state index in [-0.39, 0.29) is 12.5 Å². The standard InChI is InChI=1S/C11H17N3O6/c15-8(13-3-1-2-4-13)5-12-11(20)14(6-9(16)17)7-10(18)19/h1-7H2,(H,12,20)(H,16,17)(H,18,19). The van der Waals surface area contributed by atoms with Crippen molar-refractivity contribution in [3.63, 3.8) is 0 Å². The number of likely N-dealkylation sites (tertiary alicyclic amines) is 1. The molecule has 9 heteroatoms. The fraction of sp³-hybridized carbons (Fsp3) is 0.636. The number of nitrogens with one attached hydrogen (secondary N) is 1. The van der Waals surface area contributed by atoms with E-state index in [2.05, 4.69) is 5.32 Å². The molecule has 0 saturated carbocycles. The summed E-state index contributed by atoms with van der Waals surface area (Å²) >= 11 is 0. The van der Waals surface area contributed by atoms with Crippen molar-refractivity contribution in [1.29, 1.82) is 0 Å². The summed E-state index contributed by atoms with van der Waals surface area (Å²) < 4.78 is 0. The molecule has 1 aliphatic rings. The summed E-state index contributed by atoms with van der Waals surface area (Å²) in [6.07, 6.45) is 1.84. The minimum atomic E-state index is -1.33. The number of amides is 3. The van der Waals surface area contributed by atoms with Crippen LogP contribution in [0.1, 0.15) is 12.8 Å². The lowest BCUT2D eigenvalue weighted by Crippen LogP contribution is -2.48. The Hall–Kier alpha value is -2.32. The maximum absolute atomic E-state index is 11.7. The Morgan fingerprint density at radius 2 is 1.50 bits per heavy atom. The molecule has 20 heavy (non-hydrogen) atoms. The molecule has 3 N–H and O–H groups in total. The molecule has 0 aromatic carbocycles. The molecule has 0 aromatic heterocycles. The summed E-state index contributed by atoms with van der Waals surface area (Å²) in [4.78, 5) is 46.6. The second kappa shape index (κ2) is 7.31. The van der Waals surface area contributed by atoms with E-state index in [4.69, 9.17) is 10.2 Å². The van der Waals surface area contributed by atoms with Gasteiger partial charge in [0, 0.05) is 13.1 Å². The van der Waals surface area contributed by atoms with E-state index >= 15 is 0 Å². The first-order valence-corrected chi connectivity index (χ1v) is 6.14. The van der Waals surface area contributed by atoms with Crippen molar-refractivity contribution in [3.8, 4) is 0 Å². The van der Waals surface area contributed by atoms with E-state index in [1.165, 1.54) is 0 Å². The third-order valence-corrected chi connectivity index (χ3v) is 2.79. The number of urea groups is 1. The van der Waals surface area contributed by atoms with Crippen LogP contribution in [0, 0.1) is 0 Å². The molecule has 0 aliphatic carbocycles. The molecule has 0 atom stereocenters. The van der Waals surface area contributed by atoms with E-state index in [0.717, 1.165) is 12.8 Å². The van der Waals surface area contributed by atoms with E-state index in [1.807, 2.05) is 0 Å². The Balaban J connectivity index is 2.45. The molecule has 0 radical (unpaired) electrons. The maximum Gasteiger partial charge on any atom is 0.323 e. The first-order chi connectivity index (χ1) is 9.40. The van der Waals surface area contributed by atoms with Gasteiger partial charge in [-0.3, -0.25) is 14.4 Å². The van der Waals surface area contributed by atoms with Gasteiger partial charge in [0.05, 0.1) is 6.54 Å². The van der Waals surface area contributed by atoms with Gasteiger partial charge in [-0.25, -0.2) is 4.79 Å². The van der Waals surface area contributed by atoms with Gasteiger partial charge in [-0.05, 0) is 12.8 Å². The number of carboxylic acid groups (broad SMARTS) is 2. The zero-order valence-electron chi connectivity index (χ0n) is 10.9. The van der Waals surface area contributed by atoms with Crippen LogP contribution in [0.3, 0.4) is 0 Å². The van der Waals surface area contributed by atoms with Gasteiger partial charge in [0.15, 0.2) is 0 Å². The molecule has 0 unspecified atom stereocenters. The van der Waals surface area contributed by atoms with Crippen molar-refractivity contribution in [2.24, 2.45) is 0 Å². The number of carboxylic acids is 2. The normalized spacial score (nSPS) is 13.9. The van der Waals surface area contributed by atoms with Crippen LogP contribution >= 0.6 is 0 Å². The quantitative estimate of drug-likeness (QED) is 0.562. The van der Waals surface area contributed by atoms with Crippen LogP contribution in [0.4, 0.5) is 4.79 Å². The van der Waals surface area contributed by atoms with Crippen LogP contribution < -0.4 is 5.32 Å². The number of aliphatic carboxylic acids is 2. The minimum absolute atomic E-state index is 0.263. The van der Waals surface area contributed by atoms with Crippen LogP contribution in [0.15, 0.2) is 0 Å². The lowest BCUT2D eigenvalue weighted by atomic mass is 10.4. The van der Waals surface area contributed by atoms with Gasteiger partial charge in [-0.15, -0.1) is 0 Å². The molecule has 1 rings (SSSR count). The predicted molar refractivity (Wildman–Crippen MR) is 66.1 cm³/mol. The molecular weight excluding hydrogens is 270 g/mol. The SMILES string of the molecule is O=C(O)CN(CC(=O)O)C(=O)NCC(=O)N1CCCC1. The van der Waals surface area contributed by atoms with Crippen molar-refractivity contribution in [2.45, 2.75) is 12.8 Å². The molecule has 0 spiro atoms. The molecule has 1 heterocycles. The molecule has 112 valence electrons. The Morgan fingerprint density at radius 1 is 1.00 bits per heavy atom. The van der Waals surface area contributed by atoms with E-state index in [0.29, 0.717) is 18.0 Å². The van der Waals surface area contributed by atoms with Crippen molar-refractivity contribution in [2.75, 3.05) is 32.7 Å². The molecule has 0 bridgehead atoms. The zero-order valence-corrected chi connectivity index (χ0v) is 10.9. The topological polar surface area (TPSA) is 127 Å². The van der Waals surface area contributed by atoms with Gasteiger partial charge in [-0.2, -0.15) is 0 Å². The fourth-order valence-corrected chi connectivity index (χ4v) is 1.87. The Kier molecular flexibility index (Phi) is 5.75. The van der Waals surface area contributed by atoms with Crippen LogP contribution in [0.25, 0.3) is 0 Å². The van der Waals surface area contributed by atoms with Gasteiger partial charge in [0.1, 0.15) is 13.1 Å². The van der Waals surface area contributed by atoms with Crippen molar-refractivity contribution >= 4 is 23.9 Å². The summed E-state index contributed by atoms with van der Waals surface area (Å²) in [6, 6.07) is -0.887. The van der Waals surface area contributed by atoms with E-state index in [1.54, 1.807) is 4.90 Å². The number of nitrogens with zero attached hydrogens (tertiary/aromatic N) is 2. The van der Waals surface area contributed by atoms with Crippen LogP contribution in [-0.2, 0) is 14.4 Å². The highest BCUT2D eigenvalue weighted by Gasteiger charge is 2.22. The van der Waals surface area contributed by atoms with Gasteiger partial charge < -0.3 is 25.3 Å². The van der Waals surface area contributed by atoms with Gasteiger partial charge in [0.25, 0.3) is 0 Å². The van der Waals surface area contributed by atoms with Gasteiger partial charge in [0.2, 0.25) is 5.91 Å². The zero-order chi connectivity index (χ0) is 15.1. The molecule has 9 nitrogen and oxygen atoms in total. The number of hydrogen-bond acceptors (Lipinski definition) is 4. The third-order valence-electron chi connectivity index (χ3n) is 2.79. The molecular formula is C11H17N3O6. The summed E-state index contributed by atoms with van der Waals surface area (Å²) in [5, 5.41) is 19.5. The van der Waals surface area contributed by atoms with Crippen LogP contribution in [-0.4, -0.2) is 76.6 Å². The Labute approximate surface area is 115 Å². The molecule has 0 aromatic rings. The van der Waals surface area contributed by atoms with Crippen molar-refractivity contribution in [3.05, 3.63) is 0 Å². The smallest absolute Gasteiger partial charge is 0.323 e. The molecule has 1 fully saturated rings. The molecule has 3 amide bonds. The predicted octanol–water partition coefficient (Wildman–Crippen LogP) is -1.21. The largest absolute Gasteiger partial charge is 0.480 e. The first kappa shape index (κ1) is 15.7. The van der Waals surface area contributed by atoms with Crippen molar-refractivity contribution < 1.29 is 29.4 Å². The van der Waals surface area contributed by atoms with Crippen molar-refractivity contribution in [1.82, 2.24) is 15.1 Å². The highest BCUT2D eigenvalue weighted by atomic mass is 16.4. The monoisotopic (exact) mass is 287 g/mol. The summed E-state index contributed by atoms with van der Waals surface area (Å²) in [6.45, 7) is -0.466. The Morgan fingerprint density at radius 3 is 1.95 bits per heavy atom. The highest BCUT2D eigenvalue weighted by molar-refractivity contribution is 5.87. The van der Waals surface area contributed by atoms with E-state index in [9.17, 15) is 19.2 Å². The lowest BCUT2D eigenvalue weighted by Gasteiger charge is -2.20. The van der Waals surface area contributed by atoms with Crippen LogP contribution in [0.2, 0.25) is 0 Å². The number of carbonyl (C=O) groups is 4. The second-order valence-corrected chi connectivity index (χ2v) is 4.39. The average molecular weight is 287 g/mol. The molecule has 1 aliphatic heterocycles. The summed E-state index contributed by atoms with van der Waals surface area (Å²) in [5.41, 5.74) is 0. The first-order valence-electron chi connectivity index (χ1n) is 6.14. The van der Waals surface area contributed by atoms with Gasteiger partial charge in [-0.1, -0.05) is 0 Å². The molecule has 1 saturated heterocycles. The summed E-state index contributed by atoms with van der Waals surface area (Å²) in [7, 11) is 0. The third kappa shape index (κ3) is 5.12. The van der Waals surface area contributed by atoms with E-state index < -0.39 is 31.1 Å². The maximum atomic E-state index is 11.7.